The monoisotopic (exact) mass is 230 g/mol. The minimum atomic E-state index is -0.151. The Labute approximate surface area is 98.8 Å². The molecule has 1 aliphatic rings. The smallest absolute Gasteiger partial charge is 0.0869 e. The molecule has 3 atom stereocenters. The van der Waals surface area contributed by atoms with E-state index >= 15 is 0 Å². The molecule has 0 radical (unpaired) electrons. The molecule has 0 aromatic heterocycles. The summed E-state index contributed by atoms with van der Waals surface area (Å²) in [6.45, 7) is 5.61. The van der Waals surface area contributed by atoms with Crippen LogP contribution in [0.5, 0.6) is 0 Å². The Morgan fingerprint density at radius 3 is 2.81 bits per heavy atom. The summed E-state index contributed by atoms with van der Waals surface area (Å²) in [5, 5.41) is 0. The molecule has 0 aliphatic heterocycles. The predicted octanol–water partition coefficient (Wildman–Crippen LogP) is 1.45. The summed E-state index contributed by atoms with van der Waals surface area (Å²) < 4.78 is 11.3. The topological polar surface area (TPSA) is 56.5 Å². The van der Waals surface area contributed by atoms with Gasteiger partial charge < -0.3 is 9.47 Å². The molecular formula is C12H26N2O2. The maximum absolute atomic E-state index is 5.78. The van der Waals surface area contributed by atoms with Gasteiger partial charge in [-0.3, -0.25) is 11.3 Å². The number of nitrogens with one attached hydrogen (secondary N) is 1. The van der Waals surface area contributed by atoms with Crippen molar-refractivity contribution in [3.63, 3.8) is 0 Å². The van der Waals surface area contributed by atoms with Crippen LogP contribution in [0.15, 0.2) is 0 Å². The molecule has 3 unspecified atom stereocenters. The predicted molar refractivity (Wildman–Crippen MR) is 65.0 cm³/mol. The van der Waals surface area contributed by atoms with Crippen LogP contribution < -0.4 is 11.3 Å². The lowest BCUT2D eigenvalue weighted by molar-refractivity contribution is -0.0957. The zero-order chi connectivity index (χ0) is 12.0. The minimum absolute atomic E-state index is 0.0835. The Hall–Kier alpha value is -0.160. The van der Waals surface area contributed by atoms with Crippen LogP contribution in [0.4, 0.5) is 0 Å². The van der Waals surface area contributed by atoms with Gasteiger partial charge in [0.2, 0.25) is 0 Å². The summed E-state index contributed by atoms with van der Waals surface area (Å²) in [5.74, 6) is 6.34. The second kappa shape index (κ2) is 6.55. The number of methoxy groups -OCH3 is 1. The lowest BCUT2D eigenvalue weighted by atomic mass is 9.75. The maximum Gasteiger partial charge on any atom is 0.0869 e. The van der Waals surface area contributed by atoms with Crippen LogP contribution >= 0.6 is 0 Å². The van der Waals surface area contributed by atoms with Crippen molar-refractivity contribution in [2.24, 2.45) is 11.8 Å². The van der Waals surface area contributed by atoms with Gasteiger partial charge in [0.25, 0.3) is 0 Å². The average molecular weight is 230 g/mol. The molecule has 3 N–H and O–H groups in total. The second-order valence-electron chi connectivity index (χ2n) is 4.85. The average Bonchev–Trinajstić information content (AvgIpc) is 2.30. The highest BCUT2D eigenvalue weighted by molar-refractivity contribution is 4.96. The lowest BCUT2D eigenvalue weighted by Crippen LogP contribution is -2.58. The third kappa shape index (κ3) is 3.17. The highest BCUT2D eigenvalue weighted by atomic mass is 16.5. The molecule has 0 saturated heterocycles. The Balaban J connectivity index is 2.66. The first-order chi connectivity index (χ1) is 7.68. The zero-order valence-corrected chi connectivity index (χ0v) is 10.8. The molecule has 0 bridgehead atoms. The Kier molecular flexibility index (Phi) is 5.69. The summed E-state index contributed by atoms with van der Waals surface area (Å²) in [7, 11) is 1.79. The van der Waals surface area contributed by atoms with Crippen LogP contribution in [0.1, 0.15) is 39.5 Å². The first kappa shape index (κ1) is 13.9. The van der Waals surface area contributed by atoms with Crippen LogP contribution in [0.25, 0.3) is 0 Å². The number of nitrogens with two attached hydrogens (primary N) is 1. The van der Waals surface area contributed by atoms with Crippen molar-refractivity contribution in [1.29, 1.82) is 0 Å². The largest absolute Gasteiger partial charge is 0.380 e. The van der Waals surface area contributed by atoms with Crippen LogP contribution in [-0.4, -0.2) is 32.0 Å². The van der Waals surface area contributed by atoms with Gasteiger partial charge in [-0.2, -0.15) is 0 Å². The quantitative estimate of drug-likeness (QED) is 0.535. The number of hydrazine groups is 1. The number of hydrogen-bond acceptors (Lipinski definition) is 4. The summed E-state index contributed by atoms with van der Waals surface area (Å²) in [6.07, 6.45) is 4.62. The van der Waals surface area contributed by atoms with Gasteiger partial charge in [0, 0.05) is 13.7 Å². The fourth-order valence-electron chi connectivity index (χ4n) is 2.78. The van der Waals surface area contributed by atoms with Crippen LogP contribution in [0, 0.1) is 5.92 Å². The van der Waals surface area contributed by atoms with E-state index in [9.17, 15) is 0 Å². The van der Waals surface area contributed by atoms with Gasteiger partial charge in [-0.15, -0.1) is 0 Å². The van der Waals surface area contributed by atoms with Gasteiger partial charge in [-0.25, -0.2) is 0 Å². The van der Waals surface area contributed by atoms with E-state index in [1.807, 2.05) is 6.92 Å². The molecule has 1 saturated carbocycles. The van der Waals surface area contributed by atoms with E-state index in [1.165, 1.54) is 12.8 Å². The highest BCUT2D eigenvalue weighted by Crippen LogP contribution is 2.37. The lowest BCUT2D eigenvalue weighted by Gasteiger charge is -2.44. The third-order valence-corrected chi connectivity index (χ3v) is 3.72. The van der Waals surface area contributed by atoms with Crippen LogP contribution in [0.2, 0.25) is 0 Å². The Morgan fingerprint density at radius 1 is 1.56 bits per heavy atom. The standard InChI is InChI=1S/C12H26N2O2/c1-4-16-9-11(14-13)12(15-3)7-5-6-10(2)8-12/h10-11,14H,4-9,13H2,1-3H3. The summed E-state index contributed by atoms with van der Waals surface area (Å²) in [4.78, 5) is 0. The highest BCUT2D eigenvalue weighted by Gasteiger charge is 2.41. The van der Waals surface area contributed by atoms with Gasteiger partial charge in [-0.1, -0.05) is 19.8 Å². The van der Waals surface area contributed by atoms with E-state index in [1.54, 1.807) is 7.11 Å². The number of ether oxygens (including phenoxy) is 2. The van der Waals surface area contributed by atoms with E-state index in [0.29, 0.717) is 19.1 Å². The first-order valence-electron chi connectivity index (χ1n) is 6.27. The van der Waals surface area contributed by atoms with Crippen LogP contribution in [-0.2, 0) is 9.47 Å². The molecule has 0 amide bonds. The fraction of sp³-hybridized carbons (Fsp3) is 1.00. The van der Waals surface area contributed by atoms with E-state index < -0.39 is 0 Å². The normalized spacial score (nSPS) is 32.6. The molecule has 1 rings (SSSR count). The molecule has 0 heterocycles. The SMILES string of the molecule is CCOCC(NN)C1(OC)CCCC(C)C1. The second-order valence-corrected chi connectivity index (χ2v) is 4.85. The summed E-state index contributed by atoms with van der Waals surface area (Å²) in [6, 6.07) is 0.0835. The molecule has 4 heteroatoms. The maximum atomic E-state index is 5.78. The zero-order valence-electron chi connectivity index (χ0n) is 10.8. The van der Waals surface area contributed by atoms with Crippen LogP contribution in [0.3, 0.4) is 0 Å². The molecule has 0 aromatic rings. The van der Waals surface area contributed by atoms with E-state index in [2.05, 4.69) is 12.3 Å². The molecule has 96 valence electrons. The van der Waals surface area contributed by atoms with Crippen molar-refractivity contribution >= 4 is 0 Å². The number of hydrogen-bond donors (Lipinski definition) is 2. The molecule has 1 fully saturated rings. The fourth-order valence-corrected chi connectivity index (χ4v) is 2.78. The van der Waals surface area contributed by atoms with E-state index in [0.717, 1.165) is 12.8 Å². The molecule has 1 aliphatic carbocycles. The minimum Gasteiger partial charge on any atom is -0.380 e. The van der Waals surface area contributed by atoms with Crippen molar-refractivity contribution in [1.82, 2.24) is 5.43 Å². The molecule has 0 spiro atoms. The van der Waals surface area contributed by atoms with Gasteiger partial charge >= 0.3 is 0 Å². The van der Waals surface area contributed by atoms with Crippen molar-refractivity contribution < 1.29 is 9.47 Å². The Bertz CT molecular complexity index is 201. The first-order valence-corrected chi connectivity index (χ1v) is 6.27. The molecule has 4 nitrogen and oxygen atoms in total. The molecule has 16 heavy (non-hydrogen) atoms. The third-order valence-electron chi connectivity index (χ3n) is 3.72. The summed E-state index contributed by atoms with van der Waals surface area (Å²) >= 11 is 0. The van der Waals surface area contributed by atoms with Gasteiger partial charge in [0.15, 0.2) is 0 Å². The Morgan fingerprint density at radius 2 is 2.31 bits per heavy atom. The summed E-state index contributed by atoms with van der Waals surface area (Å²) in [5.41, 5.74) is 2.72. The molecular weight excluding hydrogens is 204 g/mol. The van der Waals surface area contributed by atoms with Gasteiger partial charge in [0.1, 0.15) is 0 Å². The molecule has 0 aromatic carbocycles. The van der Waals surface area contributed by atoms with Crippen molar-refractivity contribution in [3.8, 4) is 0 Å². The van der Waals surface area contributed by atoms with Gasteiger partial charge in [-0.05, 0) is 25.7 Å². The van der Waals surface area contributed by atoms with Crippen molar-refractivity contribution in [3.05, 3.63) is 0 Å². The van der Waals surface area contributed by atoms with E-state index in [4.69, 9.17) is 15.3 Å². The van der Waals surface area contributed by atoms with Crippen molar-refractivity contribution in [2.75, 3.05) is 20.3 Å². The van der Waals surface area contributed by atoms with Gasteiger partial charge in [0.05, 0.1) is 18.2 Å². The number of rotatable bonds is 6. The van der Waals surface area contributed by atoms with E-state index in [-0.39, 0.29) is 11.6 Å². The van der Waals surface area contributed by atoms with Crippen molar-refractivity contribution in [2.45, 2.75) is 51.2 Å².